The van der Waals surface area contributed by atoms with Gasteiger partial charge in [-0.2, -0.15) is 0 Å². The highest BCUT2D eigenvalue weighted by Gasteiger charge is 2.25. The number of amides is 2. The predicted octanol–water partition coefficient (Wildman–Crippen LogP) is 7.43. The minimum Gasteiger partial charge on any atom is -0.439 e. The third-order valence-corrected chi connectivity index (χ3v) is 9.96. The Labute approximate surface area is 297 Å². The number of pyridine rings is 1. The van der Waals surface area contributed by atoms with Crippen LogP contribution in [-0.2, 0) is 13.6 Å². The van der Waals surface area contributed by atoms with Gasteiger partial charge in [0, 0.05) is 80.8 Å². The molecular weight excluding hydrogens is 681 g/mol. The third-order valence-electron chi connectivity index (χ3n) is 8.71. The first-order valence-corrected chi connectivity index (χ1v) is 17.2. The van der Waals surface area contributed by atoms with Gasteiger partial charge in [-0.15, -0.1) is 5.10 Å². The zero-order chi connectivity index (χ0) is 34.1. The van der Waals surface area contributed by atoms with Gasteiger partial charge in [-0.3, -0.25) is 14.5 Å². The van der Waals surface area contributed by atoms with E-state index in [1.54, 1.807) is 37.5 Å². The largest absolute Gasteiger partial charge is 0.439 e. The summed E-state index contributed by atoms with van der Waals surface area (Å²) < 4.78 is 11.9. The van der Waals surface area contributed by atoms with Crippen LogP contribution >= 0.6 is 34.7 Å². The molecule has 10 nitrogen and oxygen atoms in total. The molecule has 1 fully saturated rings. The van der Waals surface area contributed by atoms with E-state index >= 15 is 0 Å². The van der Waals surface area contributed by atoms with Crippen molar-refractivity contribution in [3.05, 3.63) is 117 Å². The molecule has 0 spiro atoms. The van der Waals surface area contributed by atoms with Crippen LogP contribution in [-0.4, -0.2) is 74.0 Å². The van der Waals surface area contributed by atoms with Crippen LogP contribution < -0.4 is 9.64 Å². The number of hydrogen-bond donors (Lipinski definition) is 0. The Kier molecular flexibility index (Phi) is 9.33. The first-order valence-electron chi connectivity index (χ1n) is 15.6. The molecule has 0 atom stereocenters. The molecule has 3 aromatic carbocycles. The van der Waals surface area contributed by atoms with Crippen molar-refractivity contribution in [3.63, 3.8) is 0 Å². The second-order valence-electron chi connectivity index (χ2n) is 11.8. The molecule has 248 valence electrons. The number of nitrogens with zero attached hydrogens (tertiary/aromatic N) is 7. The van der Waals surface area contributed by atoms with Gasteiger partial charge in [0.15, 0.2) is 0 Å². The minimum absolute atomic E-state index is 0.0128. The lowest BCUT2D eigenvalue weighted by Gasteiger charge is -2.34. The summed E-state index contributed by atoms with van der Waals surface area (Å²) in [5, 5.41) is 7.73. The fourth-order valence-corrected chi connectivity index (χ4v) is 6.63. The number of ether oxygens (including phenoxy) is 1. The van der Waals surface area contributed by atoms with Crippen molar-refractivity contribution >= 4 is 63.1 Å². The molecular formula is C36H31Cl2N7O3S. The summed E-state index contributed by atoms with van der Waals surface area (Å²) in [6.07, 6.45) is 1.57. The van der Waals surface area contributed by atoms with Gasteiger partial charge in [0.2, 0.25) is 5.88 Å². The molecule has 0 unspecified atom stereocenters. The van der Waals surface area contributed by atoms with Crippen LogP contribution in [0.2, 0.25) is 10.0 Å². The van der Waals surface area contributed by atoms with Crippen molar-refractivity contribution in [2.45, 2.75) is 6.54 Å². The van der Waals surface area contributed by atoms with Gasteiger partial charge < -0.3 is 19.1 Å². The van der Waals surface area contributed by atoms with Crippen LogP contribution in [0.25, 0.3) is 22.2 Å². The maximum Gasteiger partial charge on any atom is 0.270 e. The Hall–Kier alpha value is -4.81. The van der Waals surface area contributed by atoms with Crippen LogP contribution in [0.3, 0.4) is 0 Å². The molecule has 0 radical (unpaired) electrons. The quantitative estimate of drug-likeness (QED) is 0.162. The Bertz CT molecular complexity index is 2130. The number of hydrogen-bond acceptors (Lipinski definition) is 8. The first kappa shape index (κ1) is 32.7. The molecule has 0 aliphatic carbocycles. The number of aryl methyl sites for hydroxylation is 1. The van der Waals surface area contributed by atoms with Gasteiger partial charge in [0.1, 0.15) is 17.1 Å². The predicted molar refractivity (Wildman–Crippen MR) is 193 cm³/mol. The Morgan fingerprint density at radius 3 is 2.41 bits per heavy atom. The maximum absolute atomic E-state index is 13.6. The lowest BCUT2D eigenvalue weighted by atomic mass is 10.1. The number of rotatable bonds is 8. The molecule has 49 heavy (non-hydrogen) atoms. The summed E-state index contributed by atoms with van der Waals surface area (Å²) in [5.74, 6) is 0.717. The van der Waals surface area contributed by atoms with Gasteiger partial charge in [0.05, 0.1) is 27.4 Å². The summed E-state index contributed by atoms with van der Waals surface area (Å²) in [5.41, 5.74) is 5.69. The van der Waals surface area contributed by atoms with E-state index in [-0.39, 0.29) is 11.8 Å². The molecule has 0 saturated carbocycles. The van der Waals surface area contributed by atoms with Crippen LogP contribution in [0.4, 0.5) is 5.69 Å². The van der Waals surface area contributed by atoms with E-state index in [1.165, 1.54) is 28.1 Å². The van der Waals surface area contributed by atoms with E-state index in [0.717, 1.165) is 41.8 Å². The highest BCUT2D eigenvalue weighted by atomic mass is 35.5. The van der Waals surface area contributed by atoms with Gasteiger partial charge in [-0.25, -0.2) is 4.98 Å². The van der Waals surface area contributed by atoms with Gasteiger partial charge in [-0.05, 0) is 59.6 Å². The molecule has 6 aromatic rings. The fourth-order valence-electron chi connectivity index (χ4n) is 5.87. The molecule has 0 N–H and O–H groups in total. The average molecular weight is 713 g/mol. The van der Waals surface area contributed by atoms with E-state index in [1.807, 2.05) is 46.2 Å². The fraction of sp³-hybridized carbons (Fsp3) is 0.194. The highest BCUT2D eigenvalue weighted by Crippen LogP contribution is 2.29. The number of fused-ring (bicyclic) bond motifs is 1. The normalized spacial score (nSPS) is 13.5. The topological polar surface area (TPSA) is 96.7 Å². The lowest BCUT2D eigenvalue weighted by molar-refractivity contribution is 0.0619. The Morgan fingerprint density at radius 1 is 0.918 bits per heavy atom. The number of anilines is 1. The number of halogens is 2. The molecule has 1 saturated heterocycles. The van der Waals surface area contributed by atoms with E-state index in [0.29, 0.717) is 51.7 Å². The highest BCUT2D eigenvalue weighted by molar-refractivity contribution is 7.03. The monoisotopic (exact) mass is 711 g/mol. The second kappa shape index (κ2) is 14.0. The summed E-state index contributed by atoms with van der Waals surface area (Å²) in [4.78, 5) is 36.8. The van der Waals surface area contributed by atoms with Crippen LogP contribution in [0.1, 0.15) is 26.4 Å². The van der Waals surface area contributed by atoms with E-state index in [9.17, 15) is 9.59 Å². The van der Waals surface area contributed by atoms with E-state index in [2.05, 4.69) is 43.7 Å². The first-order chi connectivity index (χ1) is 23.7. The van der Waals surface area contributed by atoms with E-state index < -0.39 is 0 Å². The van der Waals surface area contributed by atoms with Crippen molar-refractivity contribution in [2.75, 3.05) is 38.1 Å². The molecule has 1 aliphatic heterocycles. The van der Waals surface area contributed by atoms with Crippen molar-refractivity contribution in [1.29, 1.82) is 0 Å². The lowest BCUT2D eigenvalue weighted by Crippen LogP contribution is -2.48. The maximum atomic E-state index is 13.6. The average Bonchev–Trinajstić information content (AvgIpc) is 3.78. The summed E-state index contributed by atoms with van der Waals surface area (Å²) >= 11 is 13.4. The Morgan fingerprint density at radius 2 is 1.71 bits per heavy atom. The number of carbonyl (C=O) groups is 2. The SMILES string of the molecule is CN(C(=O)c1ccc(Cl)c(Cl)c1)c1ccc(Oc2ccc3cc(C(=O)N4CCN(Cc5ccc(-c6csnn6)cc5)CC4)n(C)c3c2)nc1. The van der Waals surface area contributed by atoms with Crippen molar-refractivity contribution in [1.82, 2.24) is 28.9 Å². The van der Waals surface area contributed by atoms with Crippen molar-refractivity contribution < 1.29 is 14.3 Å². The molecule has 2 amide bonds. The smallest absolute Gasteiger partial charge is 0.270 e. The molecule has 0 bridgehead atoms. The molecule has 4 heterocycles. The summed E-state index contributed by atoms with van der Waals surface area (Å²) in [7, 11) is 3.56. The second-order valence-corrected chi connectivity index (χ2v) is 13.2. The van der Waals surface area contributed by atoms with Gasteiger partial charge in [0.25, 0.3) is 11.8 Å². The standard InChI is InChI=1S/C36H31Cl2N7O3S/c1-42(35(46)26-8-11-29(37)30(38)17-26)27-9-12-34(39-20-27)48-28-10-7-25-18-33(43(2)32(25)19-28)36(47)45-15-13-44(14-16-45)21-23-3-5-24(6-4-23)31-22-49-41-40-31/h3-12,17-20,22H,13-16,21H2,1-2H3. The van der Waals surface area contributed by atoms with Crippen LogP contribution in [0.5, 0.6) is 11.6 Å². The number of carbonyl (C=O) groups excluding carboxylic acids is 2. The van der Waals surface area contributed by atoms with E-state index in [4.69, 9.17) is 27.9 Å². The number of benzene rings is 3. The minimum atomic E-state index is -0.248. The zero-order valence-electron chi connectivity index (χ0n) is 26.7. The number of piperazine rings is 1. The molecule has 13 heteroatoms. The summed E-state index contributed by atoms with van der Waals surface area (Å²) in [6.45, 7) is 3.76. The van der Waals surface area contributed by atoms with Crippen molar-refractivity contribution in [2.24, 2.45) is 7.05 Å². The zero-order valence-corrected chi connectivity index (χ0v) is 29.0. The third kappa shape index (κ3) is 7.02. The molecule has 1 aliphatic rings. The molecule has 7 rings (SSSR count). The van der Waals surface area contributed by atoms with Crippen LogP contribution in [0.15, 0.2) is 90.4 Å². The van der Waals surface area contributed by atoms with Gasteiger partial charge >= 0.3 is 0 Å². The van der Waals surface area contributed by atoms with Gasteiger partial charge in [-0.1, -0.05) is 52.0 Å². The number of aromatic nitrogens is 4. The Balaban J connectivity index is 0.964. The summed E-state index contributed by atoms with van der Waals surface area (Å²) in [6, 6.07) is 24.3. The molecule has 3 aromatic heterocycles. The van der Waals surface area contributed by atoms with Crippen LogP contribution in [0, 0.1) is 0 Å². The van der Waals surface area contributed by atoms with Crippen molar-refractivity contribution in [3.8, 4) is 22.9 Å².